The zero-order valence-corrected chi connectivity index (χ0v) is 9.18. The maximum absolute atomic E-state index is 5.50. The monoisotopic (exact) mass is 245 g/mol. The van der Waals surface area contributed by atoms with Crippen LogP contribution < -0.4 is 10.6 Å². The van der Waals surface area contributed by atoms with Gasteiger partial charge in [-0.2, -0.15) is 12.1 Å². The first-order valence-corrected chi connectivity index (χ1v) is 3.98. The molecule has 0 saturated heterocycles. The van der Waals surface area contributed by atoms with Crippen LogP contribution in [0.4, 0.5) is 5.69 Å². The van der Waals surface area contributed by atoms with E-state index in [2.05, 4.69) is 0 Å². The van der Waals surface area contributed by atoms with Crippen LogP contribution in [0.5, 0.6) is 0 Å². The van der Waals surface area contributed by atoms with E-state index in [1.165, 1.54) is 0 Å². The summed E-state index contributed by atoms with van der Waals surface area (Å²) in [7, 11) is 0. The quantitative estimate of drug-likeness (QED) is 0.283. The van der Waals surface area contributed by atoms with Crippen molar-refractivity contribution in [1.29, 1.82) is 11.1 Å². The standard InChI is InChI=1S/C5H6N.C5H5.Fe.H2N3/c6-5-3-1-2-4-5;1-2-4-5-3-1;;1-3-2/h1-4H,6H2;1-5H;;1-2H/q-1;-5;;+1. The van der Waals surface area contributed by atoms with Crippen LogP contribution in [0.25, 0.3) is 0 Å². The van der Waals surface area contributed by atoms with Gasteiger partial charge in [-0.3, -0.25) is 0 Å². The molecule has 0 aliphatic carbocycles. The molecule has 86 valence electrons. The predicted molar refractivity (Wildman–Crippen MR) is 56.1 cm³/mol. The Bertz CT molecular complexity index is 303. The molecule has 0 aliphatic rings. The van der Waals surface area contributed by atoms with Gasteiger partial charge in [0, 0.05) is 17.1 Å². The molecule has 4 nitrogen and oxygen atoms in total. The third kappa shape index (κ3) is 12.3. The Kier molecular flexibility index (Phi) is 13.0. The summed E-state index contributed by atoms with van der Waals surface area (Å²) in [5, 5.41) is 0. The Balaban J connectivity index is 0. The summed E-state index contributed by atoms with van der Waals surface area (Å²) < 4.78 is 0. The van der Waals surface area contributed by atoms with Gasteiger partial charge in [0.1, 0.15) is 11.1 Å². The summed E-state index contributed by atoms with van der Waals surface area (Å²) in [6, 6.07) is 17.5. The Hall–Kier alpha value is -1.67. The Morgan fingerprint density at radius 3 is 1.33 bits per heavy atom. The summed E-state index contributed by atoms with van der Waals surface area (Å²) in [5.74, 6) is 0. The van der Waals surface area contributed by atoms with Gasteiger partial charge in [-0.05, 0) is 0 Å². The predicted octanol–water partition coefficient (Wildman–Crippen LogP) is 2.51. The van der Waals surface area contributed by atoms with Crippen LogP contribution in [0.2, 0.25) is 0 Å². The van der Waals surface area contributed by atoms with E-state index in [0.29, 0.717) is 0 Å². The van der Waals surface area contributed by atoms with Gasteiger partial charge < -0.3 is 36.1 Å². The molecule has 0 aromatic heterocycles. The number of nitrogens with one attached hydrogen (secondary N) is 2. The third-order valence-electron chi connectivity index (χ3n) is 1.24. The molecule has 2 aromatic rings. The number of hydrogen-bond acceptors (Lipinski definition) is 3. The van der Waals surface area contributed by atoms with Gasteiger partial charge in [0.05, 0.1) is 0 Å². The van der Waals surface area contributed by atoms with E-state index in [9.17, 15) is 0 Å². The minimum absolute atomic E-state index is 0. The van der Waals surface area contributed by atoms with Crippen molar-refractivity contribution in [2.24, 2.45) is 0 Å². The van der Waals surface area contributed by atoms with Crippen molar-refractivity contribution in [2.75, 3.05) is 5.73 Å². The van der Waals surface area contributed by atoms with Crippen LogP contribution >= 0.6 is 0 Å². The third-order valence-corrected chi connectivity index (χ3v) is 1.24. The van der Waals surface area contributed by atoms with Crippen LogP contribution in [0.15, 0.2) is 54.6 Å². The average molecular weight is 245 g/mol. The number of hydrogen-bond donors (Lipinski definition) is 3. The molecular weight excluding hydrogens is 232 g/mol. The van der Waals surface area contributed by atoms with Gasteiger partial charge in [-0.25, -0.2) is 12.1 Å². The molecular formula is C10H13FeN4-5. The fourth-order valence-electron chi connectivity index (χ4n) is 0.710. The van der Waals surface area contributed by atoms with Crippen molar-refractivity contribution in [1.82, 2.24) is 4.91 Å². The zero-order valence-electron chi connectivity index (χ0n) is 8.07. The zero-order chi connectivity index (χ0) is 10.6. The van der Waals surface area contributed by atoms with Crippen LogP contribution in [-0.2, 0) is 17.1 Å². The van der Waals surface area contributed by atoms with Crippen LogP contribution in [-0.4, -0.2) is 0 Å². The Morgan fingerprint density at radius 2 is 1.20 bits per heavy atom. The van der Waals surface area contributed by atoms with Crippen molar-refractivity contribution in [3.63, 3.8) is 0 Å². The molecule has 0 atom stereocenters. The van der Waals surface area contributed by atoms with Gasteiger partial charge in [-0.1, -0.05) is 5.69 Å². The van der Waals surface area contributed by atoms with Gasteiger partial charge in [0.25, 0.3) is 0 Å². The molecule has 0 fully saturated rings. The second-order valence-electron chi connectivity index (χ2n) is 2.29. The largest absolute Gasteiger partial charge is 0.748 e. The molecule has 0 radical (unpaired) electrons. The number of anilines is 1. The number of nitrogens with two attached hydrogens (primary N) is 1. The normalized spacial score (nSPS) is 6.67. The van der Waals surface area contributed by atoms with Gasteiger partial charge in [0.2, 0.25) is 4.91 Å². The molecule has 0 spiro atoms. The summed E-state index contributed by atoms with van der Waals surface area (Å²) in [4.78, 5) is 2.00. The molecule has 4 N–H and O–H groups in total. The maximum Gasteiger partial charge on any atom is 0.211 e. The van der Waals surface area contributed by atoms with E-state index in [4.69, 9.17) is 16.8 Å². The van der Waals surface area contributed by atoms with Crippen LogP contribution in [0, 0.1) is 11.1 Å². The smallest absolute Gasteiger partial charge is 0.211 e. The minimum Gasteiger partial charge on any atom is -0.748 e. The molecule has 15 heavy (non-hydrogen) atoms. The topological polar surface area (TPSA) is 87.8 Å². The van der Waals surface area contributed by atoms with E-state index in [0.717, 1.165) is 5.69 Å². The summed E-state index contributed by atoms with van der Waals surface area (Å²) in [6.07, 6.45) is 0. The maximum atomic E-state index is 5.50. The van der Waals surface area contributed by atoms with Crippen molar-refractivity contribution in [2.45, 2.75) is 0 Å². The second kappa shape index (κ2) is 12.3. The fourth-order valence-corrected chi connectivity index (χ4v) is 0.710. The second-order valence-corrected chi connectivity index (χ2v) is 2.29. The summed E-state index contributed by atoms with van der Waals surface area (Å²) in [5.41, 5.74) is 17.1. The SMILES string of the molecule is N=[N+]=N.N[c-]1cccc1.[Fe].[cH-]1[cH-][cH-][cH-][cH-]1. The molecule has 5 heteroatoms. The van der Waals surface area contributed by atoms with E-state index >= 15 is 0 Å². The number of nitrogens with zero attached hydrogens (tertiary/aromatic N) is 1. The molecule has 0 amide bonds. The van der Waals surface area contributed by atoms with E-state index < -0.39 is 0 Å². The van der Waals surface area contributed by atoms with E-state index in [1.807, 2.05) is 59.5 Å². The van der Waals surface area contributed by atoms with Crippen molar-refractivity contribution in [3.05, 3.63) is 54.6 Å². The number of nitrogen functional groups attached to an aromatic ring is 1. The van der Waals surface area contributed by atoms with E-state index in [-0.39, 0.29) is 17.1 Å². The van der Waals surface area contributed by atoms with Crippen molar-refractivity contribution >= 4 is 5.69 Å². The molecule has 0 aliphatic heterocycles. The number of rotatable bonds is 0. The average Bonchev–Trinajstić information content (AvgIpc) is 2.78. The fraction of sp³-hybridized carbons (Fsp3) is 0. The molecule has 0 unspecified atom stereocenters. The molecule has 0 heterocycles. The van der Waals surface area contributed by atoms with Crippen LogP contribution in [0.1, 0.15) is 0 Å². The first-order chi connectivity index (χ1) is 6.81. The first-order valence-electron chi connectivity index (χ1n) is 3.98. The van der Waals surface area contributed by atoms with Crippen molar-refractivity contribution in [3.8, 4) is 0 Å². The summed E-state index contributed by atoms with van der Waals surface area (Å²) in [6.45, 7) is 0. The van der Waals surface area contributed by atoms with Crippen molar-refractivity contribution < 1.29 is 17.1 Å². The van der Waals surface area contributed by atoms with Crippen LogP contribution in [0.3, 0.4) is 0 Å². The molecule has 2 rings (SSSR count). The minimum atomic E-state index is 0. The molecule has 2 aromatic carbocycles. The van der Waals surface area contributed by atoms with Gasteiger partial charge in [-0.15, -0.1) is 0 Å². The Morgan fingerprint density at radius 1 is 0.933 bits per heavy atom. The first kappa shape index (κ1) is 15.8. The van der Waals surface area contributed by atoms with Gasteiger partial charge >= 0.3 is 0 Å². The summed E-state index contributed by atoms with van der Waals surface area (Å²) >= 11 is 0. The molecule has 0 saturated carbocycles. The molecule has 0 bridgehead atoms. The van der Waals surface area contributed by atoms with E-state index in [1.54, 1.807) is 0 Å². The van der Waals surface area contributed by atoms with Gasteiger partial charge in [0.15, 0.2) is 0 Å². The Labute approximate surface area is 99.3 Å².